The molecule has 0 saturated carbocycles. The number of carbonyl (C=O) groups is 1. The number of carboxylic acids is 1. The zero-order valence-corrected chi connectivity index (χ0v) is 14.2. The predicted molar refractivity (Wildman–Crippen MR) is 94.9 cm³/mol. The van der Waals surface area contributed by atoms with Gasteiger partial charge in [-0.2, -0.15) is 0 Å². The number of carboxylic acid groups (broad SMARTS) is 1. The molecule has 1 N–H and O–H groups in total. The highest BCUT2D eigenvalue weighted by Crippen LogP contribution is 2.31. The summed E-state index contributed by atoms with van der Waals surface area (Å²) >= 11 is 0. The molecule has 0 radical (unpaired) electrons. The third-order valence-electron chi connectivity index (χ3n) is 4.70. The van der Waals surface area contributed by atoms with Gasteiger partial charge in [0.15, 0.2) is 0 Å². The average Bonchev–Trinajstić information content (AvgIpc) is 3.32. The molecule has 2 aromatic heterocycles. The minimum atomic E-state index is -0.946. The first-order chi connectivity index (χ1) is 12.7. The summed E-state index contributed by atoms with van der Waals surface area (Å²) in [4.78, 5) is 26.9. The number of hydrogen-bond donors (Lipinski definition) is 1. The summed E-state index contributed by atoms with van der Waals surface area (Å²) in [6.07, 6.45) is 11.0. The van der Waals surface area contributed by atoms with Crippen molar-refractivity contribution >= 4 is 5.97 Å². The van der Waals surface area contributed by atoms with Crippen LogP contribution in [0.5, 0.6) is 0 Å². The van der Waals surface area contributed by atoms with Gasteiger partial charge in [-0.05, 0) is 31.5 Å². The van der Waals surface area contributed by atoms with Crippen molar-refractivity contribution in [3.8, 4) is 5.69 Å². The van der Waals surface area contributed by atoms with Gasteiger partial charge in [0.25, 0.3) is 0 Å². The average molecular weight is 349 g/mol. The van der Waals surface area contributed by atoms with Gasteiger partial charge in [0.2, 0.25) is 0 Å². The van der Waals surface area contributed by atoms with Gasteiger partial charge in [-0.3, -0.25) is 14.9 Å². The Kier molecular flexibility index (Phi) is 4.45. The Morgan fingerprint density at radius 3 is 2.92 bits per heavy atom. The molecule has 0 bridgehead atoms. The van der Waals surface area contributed by atoms with E-state index in [1.807, 2.05) is 18.5 Å². The number of aromatic carboxylic acids is 1. The van der Waals surface area contributed by atoms with Crippen molar-refractivity contribution in [2.45, 2.75) is 25.4 Å². The molecular formula is C19H19N5O2. The maximum Gasteiger partial charge on any atom is 0.337 e. The Bertz CT molecular complexity index is 909. The maximum atomic E-state index is 11.4. The van der Waals surface area contributed by atoms with Crippen molar-refractivity contribution in [3.63, 3.8) is 0 Å². The van der Waals surface area contributed by atoms with Crippen LogP contribution in [0.25, 0.3) is 5.69 Å². The minimum absolute atomic E-state index is 0.250. The lowest BCUT2D eigenvalue weighted by molar-refractivity contribution is 0.0697. The molecule has 1 aromatic carbocycles. The minimum Gasteiger partial charge on any atom is -0.478 e. The molecule has 1 atom stereocenters. The van der Waals surface area contributed by atoms with Crippen molar-refractivity contribution in [3.05, 3.63) is 72.3 Å². The van der Waals surface area contributed by atoms with Gasteiger partial charge in [-0.25, -0.2) is 9.78 Å². The van der Waals surface area contributed by atoms with E-state index in [0.717, 1.165) is 30.8 Å². The zero-order chi connectivity index (χ0) is 17.9. The molecule has 0 aliphatic carbocycles. The number of hydrogen-bond acceptors (Lipinski definition) is 5. The summed E-state index contributed by atoms with van der Waals surface area (Å²) in [6, 6.07) is 7.18. The molecule has 0 amide bonds. The highest BCUT2D eigenvalue weighted by Gasteiger charge is 2.27. The van der Waals surface area contributed by atoms with Crippen molar-refractivity contribution in [1.29, 1.82) is 0 Å². The monoisotopic (exact) mass is 349 g/mol. The molecule has 4 rings (SSSR count). The van der Waals surface area contributed by atoms with E-state index in [-0.39, 0.29) is 11.6 Å². The molecule has 0 unspecified atom stereocenters. The van der Waals surface area contributed by atoms with E-state index in [1.165, 1.54) is 0 Å². The Balaban J connectivity index is 1.55. The van der Waals surface area contributed by atoms with Crippen LogP contribution in [0.1, 0.15) is 40.6 Å². The molecule has 0 spiro atoms. The standard InChI is InChI=1S/C19H19N5O2/c25-19(26)15-4-1-2-5-17(15)24-12-14(22-13-24)11-23-9-3-6-18(23)16-10-20-7-8-21-16/h1-2,4-5,7-8,10,12-13,18H,3,6,9,11H2,(H,25,26)/t18-/m1/s1. The van der Waals surface area contributed by atoms with Crippen LogP contribution in [-0.4, -0.2) is 42.0 Å². The van der Waals surface area contributed by atoms with Crippen LogP contribution in [0.3, 0.4) is 0 Å². The van der Waals surface area contributed by atoms with E-state index in [2.05, 4.69) is 19.9 Å². The summed E-state index contributed by atoms with van der Waals surface area (Å²) in [5, 5.41) is 9.37. The lowest BCUT2D eigenvalue weighted by Crippen LogP contribution is -2.23. The fraction of sp³-hybridized carbons (Fsp3) is 0.263. The number of benzene rings is 1. The molecule has 1 saturated heterocycles. The van der Waals surface area contributed by atoms with Crippen LogP contribution < -0.4 is 0 Å². The topological polar surface area (TPSA) is 84.1 Å². The van der Waals surface area contributed by atoms with Gasteiger partial charge < -0.3 is 9.67 Å². The third-order valence-corrected chi connectivity index (χ3v) is 4.70. The Morgan fingerprint density at radius 2 is 2.12 bits per heavy atom. The normalized spacial score (nSPS) is 17.5. The number of nitrogens with zero attached hydrogens (tertiary/aromatic N) is 5. The number of imidazole rings is 1. The van der Waals surface area contributed by atoms with Gasteiger partial charge in [-0.1, -0.05) is 12.1 Å². The molecule has 26 heavy (non-hydrogen) atoms. The molecular weight excluding hydrogens is 330 g/mol. The summed E-state index contributed by atoms with van der Waals surface area (Å²) in [6.45, 7) is 1.68. The van der Waals surface area contributed by atoms with E-state index in [0.29, 0.717) is 12.2 Å². The molecule has 3 heterocycles. The summed E-state index contributed by atoms with van der Waals surface area (Å²) < 4.78 is 1.77. The lowest BCUT2D eigenvalue weighted by Gasteiger charge is -2.22. The van der Waals surface area contributed by atoms with E-state index in [9.17, 15) is 9.90 Å². The van der Waals surface area contributed by atoms with Crippen LogP contribution in [0.2, 0.25) is 0 Å². The second-order valence-corrected chi connectivity index (χ2v) is 6.35. The molecule has 1 aliphatic rings. The molecule has 3 aromatic rings. The summed E-state index contributed by atoms with van der Waals surface area (Å²) in [5.74, 6) is -0.946. The zero-order valence-electron chi connectivity index (χ0n) is 14.2. The van der Waals surface area contributed by atoms with Crippen molar-refractivity contribution in [2.24, 2.45) is 0 Å². The van der Waals surface area contributed by atoms with Gasteiger partial charge in [0.05, 0.1) is 35.0 Å². The molecule has 7 heteroatoms. The second kappa shape index (κ2) is 7.05. The van der Waals surface area contributed by atoms with E-state index in [1.54, 1.807) is 41.5 Å². The fourth-order valence-corrected chi connectivity index (χ4v) is 3.50. The molecule has 7 nitrogen and oxygen atoms in total. The Hall–Kier alpha value is -3.06. The Labute approximate surface area is 151 Å². The molecule has 1 aliphatic heterocycles. The first-order valence-corrected chi connectivity index (χ1v) is 8.58. The van der Waals surface area contributed by atoms with Gasteiger partial charge in [0, 0.05) is 31.3 Å². The fourth-order valence-electron chi connectivity index (χ4n) is 3.50. The van der Waals surface area contributed by atoms with E-state index < -0.39 is 5.97 Å². The van der Waals surface area contributed by atoms with Crippen molar-refractivity contribution in [1.82, 2.24) is 24.4 Å². The van der Waals surface area contributed by atoms with Crippen molar-refractivity contribution < 1.29 is 9.90 Å². The highest BCUT2D eigenvalue weighted by molar-refractivity contribution is 5.91. The summed E-state index contributed by atoms with van der Waals surface area (Å²) in [5.41, 5.74) is 2.77. The lowest BCUT2D eigenvalue weighted by atomic mass is 10.1. The first kappa shape index (κ1) is 16.4. The van der Waals surface area contributed by atoms with Crippen molar-refractivity contribution in [2.75, 3.05) is 6.54 Å². The first-order valence-electron chi connectivity index (χ1n) is 8.58. The number of aromatic nitrogens is 4. The predicted octanol–water partition coefficient (Wildman–Crippen LogP) is 2.70. The number of rotatable bonds is 5. The van der Waals surface area contributed by atoms with E-state index >= 15 is 0 Å². The second-order valence-electron chi connectivity index (χ2n) is 6.35. The van der Waals surface area contributed by atoms with E-state index in [4.69, 9.17) is 0 Å². The van der Waals surface area contributed by atoms with Gasteiger partial charge >= 0.3 is 5.97 Å². The van der Waals surface area contributed by atoms with Crippen LogP contribution in [0, 0.1) is 0 Å². The van der Waals surface area contributed by atoms with Crippen LogP contribution in [0.15, 0.2) is 55.4 Å². The SMILES string of the molecule is O=C(O)c1ccccc1-n1cnc(CN2CCC[C@@H]2c2cnccn2)c1. The van der Waals surface area contributed by atoms with Gasteiger partial charge in [0.1, 0.15) is 0 Å². The largest absolute Gasteiger partial charge is 0.478 e. The highest BCUT2D eigenvalue weighted by atomic mass is 16.4. The number of likely N-dealkylation sites (tertiary alicyclic amines) is 1. The quantitative estimate of drug-likeness (QED) is 0.762. The maximum absolute atomic E-state index is 11.4. The number of para-hydroxylation sites is 1. The van der Waals surface area contributed by atoms with Crippen LogP contribution in [0.4, 0.5) is 0 Å². The molecule has 132 valence electrons. The van der Waals surface area contributed by atoms with Crippen LogP contribution >= 0.6 is 0 Å². The molecule has 1 fully saturated rings. The third kappa shape index (κ3) is 3.21. The van der Waals surface area contributed by atoms with Crippen LogP contribution in [-0.2, 0) is 6.54 Å². The summed E-state index contributed by atoms with van der Waals surface area (Å²) in [7, 11) is 0. The van der Waals surface area contributed by atoms with Gasteiger partial charge in [-0.15, -0.1) is 0 Å². The Morgan fingerprint density at radius 1 is 1.23 bits per heavy atom. The smallest absolute Gasteiger partial charge is 0.337 e.